The Hall–Kier alpha value is -1.38. The molecule has 2 rings (SSSR count). The van der Waals surface area contributed by atoms with Gasteiger partial charge in [-0.05, 0) is 40.0 Å². The van der Waals surface area contributed by atoms with Gasteiger partial charge in [-0.15, -0.1) is 0 Å². The number of nitrogens with one attached hydrogen (secondary N) is 1. The van der Waals surface area contributed by atoms with E-state index in [9.17, 15) is 13.2 Å². The highest BCUT2D eigenvalue weighted by molar-refractivity contribution is 7.89. The highest BCUT2D eigenvalue weighted by atomic mass is 32.2. The fourth-order valence-corrected chi connectivity index (χ4v) is 3.09. The lowest BCUT2D eigenvalue weighted by Gasteiger charge is -2.41. The zero-order chi connectivity index (χ0) is 15.8. The molecule has 1 aliphatic rings. The largest absolute Gasteiger partial charge is 0.438 e. The molecule has 1 amide bonds. The van der Waals surface area contributed by atoms with E-state index < -0.39 is 15.6 Å². The number of morpholine rings is 1. The van der Waals surface area contributed by atoms with Gasteiger partial charge in [-0.2, -0.15) is 0 Å². The molecule has 8 heteroatoms. The van der Waals surface area contributed by atoms with Crippen molar-refractivity contribution in [2.24, 2.45) is 0 Å². The molecular formula is C13H20N2O5S. The van der Waals surface area contributed by atoms with Gasteiger partial charge in [0.25, 0.3) is 15.9 Å². The Labute approximate surface area is 124 Å². The maximum atomic E-state index is 12.4. The number of rotatable bonds is 3. The van der Waals surface area contributed by atoms with Crippen LogP contribution in [0.5, 0.6) is 0 Å². The summed E-state index contributed by atoms with van der Waals surface area (Å²) in [6.45, 7) is 6.56. The van der Waals surface area contributed by atoms with E-state index in [2.05, 4.69) is 4.72 Å². The van der Waals surface area contributed by atoms with Gasteiger partial charge in [-0.25, -0.2) is 13.1 Å². The summed E-state index contributed by atoms with van der Waals surface area (Å²) in [5.74, 6) is -0.329. The molecular weight excluding hydrogens is 296 g/mol. The summed E-state index contributed by atoms with van der Waals surface area (Å²) in [6, 6.07) is 2.65. The van der Waals surface area contributed by atoms with Gasteiger partial charge in [0.1, 0.15) is 0 Å². The average molecular weight is 316 g/mol. The second-order valence-corrected chi connectivity index (χ2v) is 7.52. The molecule has 21 heavy (non-hydrogen) atoms. The van der Waals surface area contributed by atoms with Crippen LogP contribution in [0.3, 0.4) is 0 Å². The molecule has 0 bridgehead atoms. The van der Waals surface area contributed by atoms with Gasteiger partial charge in [-0.1, -0.05) is 0 Å². The standard InChI is InChI=1S/C13H20N2O5S/c1-9-7-15(8-13(2,3)20-9)12(16)10-5-6-11(19-10)21(17,18)14-4/h5-6,9,14H,7-8H2,1-4H3. The molecule has 7 nitrogen and oxygen atoms in total. The zero-order valence-corrected chi connectivity index (χ0v) is 13.4. The number of sulfonamides is 1. The lowest BCUT2D eigenvalue weighted by molar-refractivity contribution is -0.119. The third-order valence-electron chi connectivity index (χ3n) is 3.18. The first kappa shape index (κ1) is 16.0. The van der Waals surface area contributed by atoms with Crippen LogP contribution in [0, 0.1) is 0 Å². The first-order valence-corrected chi connectivity index (χ1v) is 8.13. The van der Waals surface area contributed by atoms with Crippen molar-refractivity contribution in [1.29, 1.82) is 0 Å². The third-order valence-corrected chi connectivity index (χ3v) is 4.47. The summed E-state index contributed by atoms with van der Waals surface area (Å²) in [7, 11) is -2.40. The van der Waals surface area contributed by atoms with Crippen molar-refractivity contribution in [2.45, 2.75) is 37.6 Å². The summed E-state index contributed by atoms with van der Waals surface area (Å²) >= 11 is 0. The number of ether oxygens (including phenoxy) is 1. The zero-order valence-electron chi connectivity index (χ0n) is 12.5. The Morgan fingerprint density at radius 3 is 2.67 bits per heavy atom. The lowest BCUT2D eigenvalue weighted by Crippen LogP contribution is -2.53. The second-order valence-electron chi connectivity index (χ2n) is 5.70. The monoisotopic (exact) mass is 316 g/mol. The van der Waals surface area contributed by atoms with E-state index in [0.29, 0.717) is 13.1 Å². The van der Waals surface area contributed by atoms with Crippen LogP contribution in [-0.2, 0) is 14.8 Å². The van der Waals surface area contributed by atoms with Crippen LogP contribution in [0.4, 0.5) is 0 Å². The molecule has 0 spiro atoms. The van der Waals surface area contributed by atoms with Gasteiger partial charge in [-0.3, -0.25) is 4.79 Å². The second kappa shape index (κ2) is 5.43. The summed E-state index contributed by atoms with van der Waals surface area (Å²) in [6.07, 6.45) is -0.0897. The van der Waals surface area contributed by atoms with Crippen molar-refractivity contribution in [3.63, 3.8) is 0 Å². The van der Waals surface area contributed by atoms with Crippen LogP contribution < -0.4 is 4.72 Å². The van der Waals surface area contributed by atoms with Crippen LogP contribution in [0.1, 0.15) is 31.3 Å². The van der Waals surface area contributed by atoms with Crippen molar-refractivity contribution in [3.05, 3.63) is 17.9 Å². The summed E-state index contributed by atoms with van der Waals surface area (Å²) in [5, 5.41) is -0.270. The first-order chi connectivity index (χ1) is 9.64. The summed E-state index contributed by atoms with van der Waals surface area (Å²) < 4.78 is 36.3. The number of carbonyl (C=O) groups is 1. The molecule has 0 radical (unpaired) electrons. The lowest BCUT2D eigenvalue weighted by atomic mass is 10.1. The molecule has 0 aliphatic carbocycles. The van der Waals surface area contributed by atoms with Crippen LogP contribution in [-0.4, -0.2) is 51.1 Å². The van der Waals surface area contributed by atoms with Gasteiger partial charge < -0.3 is 14.1 Å². The topological polar surface area (TPSA) is 88.9 Å². The number of amides is 1. The van der Waals surface area contributed by atoms with Crippen molar-refractivity contribution in [3.8, 4) is 0 Å². The average Bonchev–Trinajstić information content (AvgIpc) is 2.85. The minimum Gasteiger partial charge on any atom is -0.438 e. The molecule has 1 saturated heterocycles. The normalized spacial score (nSPS) is 22.3. The van der Waals surface area contributed by atoms with Crippen LogP contribution in [0.15, 0.2) is 21.6 Å². The SMILES string of the molecule is CNS(=O)(=O)c1ccc(C(=O)N2CC(C)OC(C)(C)C2)o1. The minimum atomic E-state index is -3.69. The molecule has 1 aliphatic heterocycles. The van der Waals surface area contributed by atoms with E-state index in [1.807, 2.05) is 20.8 Å². The molecule has 0 aromatic carbocycles. The number of furan rings is 1. The highest BCUT2D eigenvalue weighted by Crippen LogP contribution is 2.23. The molecule has 1 unspecified atom stereocenters. The molecule has 2 heterocycles. The Bertz CT molecular complexity index is 635. The van der Waals surface area contributed by atoms with Gasteiger partial charge in [0.15, 0.2) is 5.76 Å². The smallest absolute Gasteiger partial charge is 0.289 e. The first-order valence-electron chi connectivity index (χ1n) is 6.65. The summed E-state index contributed by atoms with van der Waals surface area (Å²) in [5.41, 5.74) is -0.445. The molecule has 1 N–H and O–H groups in total. The van der Waals surface area contributed by atoms with Crippen molar-refractivity contribution in [1.82, 2.24) is 9.62 Å². The fraction of sp³-hybridized carbons (Fsp3) is 0.615. The predicted molar refractivity (Wildman–Crippen MR) is 75.5 cm³/mol. The maximum absolute atomic E-state index is 12.4. The molecule has 1 fully saturated rings. The minimum absolute atomic E-state index is 0.00808. The van der Waals surface area contributed by atoms with Gasteiger partial charge >= 0.3 is 0 Å². The van der Waals surface area contributed by atoms with E-state index in [0.717, 1.165) is 0 Å². The molecule has 1 aromatic heterocycles. The van der Waals surface area contributed by atoms with Crippen molar-refractivity contribution in [2.75, 3.05) is 20.1 Å². The van der Waals surface area contributed by atoms with Crippen molar-refractivity contribution < 1.29 is 22.4 Å². The van der Waals surface area contributed by atoms with Gasteiger partial charge in [0.05, 0.1) is 11.7 Å². The van der Waals surface area contributed by atoms with E-state index in [1.54, 1.807) is 4.90 Å². The molecule has 0 saturated carbocycles. The van der Waals surface area contributed by atoms with E-state index >= 15 is 0 Å². The fourth-order valence-electron chi connectivity index (χ4n) is 2.44. The van der Waals surface area contributed by atoms with E-state index in [4.69, 9.17) is 9.15 Å². The van der Waals surface area contributed by atoms with E-state index in [1.165, 1.54) is 19.2 Å². The molecule has 1 aromatic rings. The number of carbonyl (C=O) groups excluding carboxylic acids is 1. The maximum Gasteiger partial charge on any atom is 0.289 e. The molecule has 1 atom stereocenters. The summed E-state index contributed by atoms with van der Waals surface area (Å²) in [4.78, 5) is 14.0. The molecule has 118 valence electrons. The van der Waals surface area contributed by atoms with Crippen LogP contribution in [0.2, 0.25) is 0 Å². The van der Waals surface area contributed by atoms with Gasteiger partial charge in [0.2, 0.25) is 5.09 Å². The van der Waals surface area contributed by atoms with E-state index in [-0.39, 0.29) is 22.9 Å². The van der Waals surface area contributed by atoms with Crippen LogP contribution >= 0.6 is 0 Å². The predicted octanol–water partition coefficient (Wildman–Crippen LogP) is 0.827. The Kier molecular flexibility index (Phi) is 4.14. The van der Waals surface area contributed by atoms with Gasteiger partial charge in [0, 0.05) is 13.1 Å². The van der Waals surface area contributed by atoms with Crippen molar-refractivity contribution >= 4 is 15.9 Å². The number of nitrogens with zero attached hydrogens (tertiary/aromatic N) is 1. The quantitative estimate of drug-likeness (QED) is 0.892. The highest BCUT2D eigenvalue weighted by Gasteiger charge is 2.35. The Balaban J connectivity index is 2.21. The third kappa shape index (κ3) is 3.45. The Morgan fingerprint density at radius 2 is 2.10 bits per heavy atom. The Morgan fingerprint density at radius 1 is 1.43 bits per heavy atom. The number of hydrogen-bond acceptors (Lipinski definition) is 5. The number of hydrogen-bond donors (Lipinski definition) is 1. The van der Waals surface area contributed by atoms with Crippen LogP contribution in [0.25, 0.3) is 0 Å².